The first kappa shape index (κ1) is 17.0. The number of rotatable bonds is 6. The van der Waals surface area contributed by atoms with Crippen molar-refractivity contribution in [3.8, 4) is 17.2 Å². The van der Waals surface area contributed by atoms with Crippen molar-refractivity contribution in [2.24, 2.45) is 0 Å². The minimum atomic E-state index is -0.516. The minimum Gasteiger partial charge on any atom is -0.507 e. The molecule has 0 bridgehead atoms. The average Bonchev–Trinajstić information content (AvgIpc) is 2.58. The molecular formula is C17H15NO6. The van der Waals surface area contributed by atoms with Gasteiger partial charge in [0.25, 0.3) is 5.69 Å². The molecule has 24 heavy (non-hydrogen) atoms. The standard InChI is InChI=1S/C17H15NO6/c1-23-13-9-15(20)17(16(10-13)24-2)14(19)7-6-11-4-3-5-12(8-11)18(21)22/h3-10,20H,1-2H3. The molecular weight excluding hydrogens is 314 g/mol. The maximum Gasteiger partial charge on any atom is 0.270 e. The third kappa shape index (κ3) is 3.70. The Kier molecular flexibility index (Phi) is 5.16. The zero-order valence-corrected chi connectivity index (χ0v) is 13.1. The molecule has 0 aromatic heterocycles. The molecule has 2 aromatic carbocycles. The quantitative estimate of drug-likeness (QED) is 0.378. The van der Waals surface area contributed by atoms with Crippen molar-refractivity contribution < 1.29 is 24.3 Å². The fourth-order valence-corrected chi connectivity index (χ4v) is 2.10. The number of ketones is 1. The average molecular weight is 329 g/mol. The molecule has 2 rings (SSSR count). The van der Waals surface area contributed by atoms with Gasteiger partial charge in [0.05, 0.1) is 19.1 Å². The lowest BCUT2D eigenvalue weighted by Crippen LogP contribution is -2.00. The van der Waals surface area contributed by atoms with Crippen LogP contribution >= 0.6 is 0 Å². The van der Waals surface area contributed by atoms with Crippen LogP contribution in [-0.2, 0) is 0 Å². The second-order valence-corrected chi connectivity index (χ2v) is 4.77. The fraction of sp³-hybridized carbons (Fsp3) is 0.118. The number of allylic oxidation sites excluding steroid dienone is 1. The summed E-state index contributed by atoms with van der Waals surface area (Å²) in [5, 5.41) is 20.8. The summed E-state index contributed by atoms with van der Waals surface area (Å²) < 4.78 is 10.1. The molecule has 0 aliphatic heterocycles. The number of nitro groups is 1. The number of carbonyl (C=O) groups is 1. The van der Waals surface area contributed by atoms with E-state index in [2.05, 4.69) is 0 Å². The highest BCUT2D eigenvalue weighted by atomic mass is 16.6. The van der Waals surface area contributed by atoms with Crippen LogP contribution in [0, 0.1) is 10.1 Å². The van der Waals surface area contributed by atoms with E-state index in [1.807, 2.05) is 0 Å². The van der Waals surface area contributed by atoms with E-state index in [-0.39, 0.29) is 22.7 Å². The number of non-ortho nitro benzene ring substituents is 1. The summed E-state index contributed by atoms with van der Waals surface area (Å²) in [4.78, 5) is 22.6. The van der Waals surface area contributed by atoms with E-state index < -0.39 is 10.7 Å². The van der Waals surface area contributed by atoms with Crippen LogP contribution in [0.25, 0.3) is 6.08 Å². The van der Waals surface area contributed by atoms with Crippen LogP contribution in [0.5, 0.6) is 17.2 Å². The molecule has 0 aliphatic rings. The second-order valence-electron chi connectivity index (χ2n) is 4.77. The van der Waals surface area contributed by atoms with Crippen molar-refractivity contribution >= 4 is 17.5 Å². The zero-order valence-electron chi connectivity index (χ0n) is 13.1. The summed E-state index contributed by atoms with van der Waals surface area (Å²) in [6.45, 7) is 0. The molecule has 0 aliphatic carbocycles. The molecule has 7 nitrogen and oxygen atoms in total. The molecule has 124 valence electrons. The highest BCUT2D eigenvalue weighted by molar-refractivity contribution is 6.10. The topological polar surface area (TPSA) is 98.9 Å². The van der Waals surface area contributed by atoms with Crippen LogP contribution in [0.4, 0.5) is 5.69 Å². The first-order valence-corrected chi connectivity index (χ1v) is 6.88. The number of phenols is 1. The monoisotopic (exact) mass is 329 g/mol. The lowest BCUT2D eigenvalue weighted by Gasteiger charge is -2.10. The number of carbonyl (C=O) groups excluding carboxylic acids is 1. The van der Waals surface area contributed by atoms with Crippen molar-refractivity contribution in [2.45, 2.75) is 0 Å². The number of benzene rings is 2. The van der Waals surface area contributed by atoms with Gasteiger partial charge < -0.3 is 14.6 Å². The van der Waals surface area contributed by atoms with E-state index in [0.717, 1.165) is 0 Å². The molecule has 0 atom stereocenters. The Bertz CT molecular complexity index is 813. The summed E-state index contributed by atoms with van der Waals surface area (Å²) in [7, 11) is 2.80. The van der Waals surface area contributed by atoms with Crippen LogP contribution in [0.2, 0.25) is 0 Å². The van der Waals surface area contributed by atoms with E-state index in [9.17, 15) is 20.0 Å². The fourth-order valence-electron chi connectivity index (χ4n) is 2.10. The third-order valence-electron chi connectivity index (χ3n) is 3.27. The number of nitrogens with zero attached hydrogens (tertiary/aromatic N) is 1. The highest BCUT2D eigenvalue weighted by Crippen LogP contribution is 2.33. The van der Waals surface area contributed by atoms with Gasteiger partial charge in [0, 0.05) is 24.3 Å². The molecule has 0 saturated carbocycles. The smallest absolute Gasteiger partial charge is 0.270 e. The Balaban J connectivity index is 2.33. The van der Waals surface area contributed by atoms with E-state index in [1.165, 1.54) is 56.7 Å². The summed E-state index contributed by atoms with van der Waals surface area (Å²) in [5.74, 6) is -0.262. The maximum absolute atomic E-state index is 12.3. The van der Waals surface area contributed by atoms with E-state index in [4.69, 9.17) is 9.47 Å². The lowest BCUT2D eigenvalue weighted by molar-refractivity contribution is -0.384. The normalized spacial score (nSPS) is 10.6. The number of aromatic hydroxyl groups is 1. The first-order valence-electron chi connectivity index (χ1n) is 6.88. The molecule has 0 radical (unpaired) electrons. The van der Waals surface area contributed by atoms with Gasteiger partial charge in [-0.1, -0.05) is 18.2 Å². The van der Waals surface area contributed by atoms with Crippen LogP contribution in [0.3, 0.4) is 0 Å². The van der Waals surface area contributed by atoms with Gasteiger partial charge in [-0.3, -0.25) is 14.9 Å². The maximum atomic E-state index is 12.3. The third-order valence-corrected chi connectivity index (χ3v) is 3.27. The number of hydrogen-bond acceptors (Lipinski definition) is 6. The Morgan fingerprint density at radius 1 is 1.21 bits per heavy atom. The van der Waals surface area contributed by atoms with Crippen molar-refractivity contribution in [3.05, 3.63) is 63.7 Å². The van der Waals surface area contributed by atoms with Gasteiger partial charge >= 0.3 is 0 Å². The minimum absolute atomic E-state index is 0.0139. The summed E-state index contributed by atoms with van der Waals surface area (Å²) >= 11 is 0. The molecule has 7 heteroatoms. The molecule has 0 unspecified atom stereocenters. The number of ether oxygens (including phenoxy) is 2. The number of phenolic OH excluding ortho intramolecular Hbond substituents is 1. The van der Waals surface area contributed by atoms with Gasteiger partial charge in [0.15, 0.2) is 5.78 Å². The van der Waals surface area contributed by atoms with Gasteiger partial charge in [0.1, 0.15) is 22.8 Å². The van der Waals surface area contributed by atoms with Gasteiger partial charge in [-0.2, -0.15) is 0 Å². The Labute approximate surface area is 137 Å². The second kappa shape index (κ2) is 7.28. The van der Waals surface area contributed by atoms with Crippen molar-refractivity contribution in [1.82, 2.24) is 0 Å². The van der Waals surface area contributed by atoms with Crippen LogP contribution in [-0.4, -0.2) is 30.0 Å². The van der Waals surface area contributed by atoms with E-state index >= 15 is 0 Å². The van der Waals surface area contributed by atoms with Crippen molar-refractivity contribution in [1.29, 1.82) is 0 Å². The largest absolute Gasteiger partial charge is 0.507 e. The number of methoxy groups -OCH3 is 2. The van der Waals surface area contributed by atoms with Crippen LogP contribution in [0.1, 0.15) is 15.9 Å². The van der Waals surface area contributed by atoms with Crippen molar-refractivity contribution in [3.63, 3.8) is 0 Å². The predicted octanol–water partition coefficient (Wildman–Crippen LogP) is 3.21. The van der Waals surface area contributed by atoms with Gasteiger partial charge in [-0.15, -0.1) is 0 Å². The molecule has 2 aromatic rings. The SMILES string of the molecule is COc1cc(O)c(C(=O)C=Cc2cccc([N+](=O)[O-])c2)c(OC)c1. The molecule has 0 spiro atoms. The summed E-state index contributed by atoms with van der Waals surface area (Å²) in [6, 6.07) is 8.63. The molecule has 0 fully saturated rings. The van der Waals surface area contributed by atoms with Gasteiger partial charge in [0.2, 0.25) is 0 Å². The predicted molar refractivity (Wildman–Crippen MR) is 87.7 cm³/mol. The Morgan fingerprint density at radius 2 is 1.96 bits per heavy atom. The number of hydrogen-bond donors (Lipinski definition) is 1. The molecule has 0 amide bonds. The number of nitro benzene ring substituents is 1. The van der Waals surface area contributed by atoms with Crippen LogP contribution in [0.15, 0.2) is 42.5 Å². The Hall–Kier alpha value is -3.35. The Morgan fingerprint density at radius 3 is 2.58 bits per heavy atom. The first-order chi connectivity index (χ1) is 11.5. The van der Waals surface area contributed by atoms with Gasteiger partial charge in [-0.05, 0) is 11.6 Å². The highest BCUT2D eigenvalue weighted by Gasteiger charge is 2.17. The zero-order chi connectivity index (χ0) is 17.7. The van der Waals surface area contributed by atoms with Gasteiger partial charge in [-0.25, -0.2) is 0 Å². The lowest BCUT2D eigenvalue weighted by atomic mass is 10.1. The molecule has 1 N–H and O–H groups in total. The van der Waals surface area contributed by atoms with Crippen LogP contribution < -0.4 is 9.47 Å². The van der Waals surface area contributed by atoms with E-state index in [1.54, 1.807) is 6.07 Å². The summed E-state index contributed by atoms with van der Waals surface area (Å²) in [6.07, 6.45) is 2.64. The van der Waals surface area contributed by atoms with E-state index in [0.29, 0.717) is 11.3 Å². The van der Waals surface area contributed by atoms with Crippen molar-refractivity contribution in [2.75, 3.05) is 14.2 Å². The summed E-state index contributed by atoms with van der Waals surface area (Å²) in [5.41, 5.74) is 0.402. The molecule has 0 heterocycles. The molecule has 0 saturated heterocycles.